The predicted molar refractivity (Wildman–Crippen MR) is 82.2 cm³/mol. The number of carbonyl (C=O) groups is 2. The lowest BCUT2D eigenvalue weighted by Crippen LogP contribution is -2.38. The number of rotatable bonds is 6. The normalized spacial score (nSPS) is 10.4. The van der Waals surface area contributed by atoms with Gasteiger partial charge in [0.1, 0.15) is 11.6 Å². The first-order valence-electron chi connectivity index (χ1n) is 7.17. The van der Waals surface area contributed by atoms with Crippen LogP contribution in [0.2, 0.25) is 0 Å². The van der Waals surface area contributed by atoms with E-state index in [1.54, 1.807) is 25.1 Å². The number of halogens is 1. The molecule has 1 N–H and O–H groups in total. The van der Waals surface area contributed by atoms with Crippen LogP contribution in [0.3, 0.4) is 0 Å². The average Bonchev–Trinajstić information content (AvgIpc) is 2.90. The molecule has 23 heavy (non-hydrogen) atoms. The smallest absolute Gasteiger partial charge is 0.245 e. The van der Waals surface area contributed by atoms with Crippen molar-refractivity contribution in [1.29, 1.82) is 0 Å². The highest BCUT2D eigenvalue weighted by Gasteiger charge is 2.15. The number of carbonyl (C=O) groups excluding carboxylic acids is 2. The molecule has 1 aromatic heterocycles. The molecule has 0 fully saturated rings. The number of amides is 2. The Hall–Kier alpha value is -2.70. The topological polar surface area (TPSA) is 75.4 Å². The highest BCUT2D eigenvalue weighted by Crippen LogP contribution is 2.08. The van der Waals surface area contributed by atoms with Gasteiger partial charge in [-0.15, -0.1) is 0 Å². The fourth-order valence-electron chi connectivity index (χ4n) is 2.04. The van der Waals surface area contributed by atoms with E-state index in [0.29, 0.717) is 24.5 Å². The Balaban J connectivity index is 1.89. The third-order valence-electron chi connectivity index (χ3n) is 3.26. The minimum Gasteiger partial charge on any atom is -0.360 e. The molecule has 0 spiro atoms. The number of aryl methyl sites for hydroxylation is 1. The zero-order valence-electron chi connectivity index (χ0n) is 13.0. The van der Waals surface area contributed by atoms with Gasteiger partial charge >= 0.3 is 0 Å². The average molecular weight is 319 g/mol. The third kappa shape index (κ3) is 5.21. The van der Waals surface area contributed by atoms with Crippen LogP contribution in [-0.4, -0.2) is 35.0 Å². The highest BCUT2D eigenvalue weighted by atomic mass is 19.1. The van der Waals surface area contributed by atoms with Gasteiger partial charge in [0.15, 0.2) is 5.82 Å². The number of aromatic nitrogens is 1. The molecule has 0 unspecified atom stereocenters. The minimum atomic E-state index is -0.354. The van der Waals surface area contributed by atoms with Gasteiger partial charge in [-0.05, 0) is 31.0 Å². The highest BCUT2D eigenvalue weighted by molar-refractivity contribution is 5.93. The molecule has 0 aliphatic heterocycles. The number of nitrogens with one attached hydrogen (secondary N) is 1. The molecule has 7 heteroatoms. The van der Waals surface area contributed by atoms with Gasteiger partial charge in [-0.25, -0.2) is 4.39 Å². The van der Waals surface area contributed by atoms with Crippen molar-refractivity contribution >= 4 is 17.6 Å². The van der Waals surface area contributed by atoms with Crippen molar-refractivity contribution < 1.29 is 18.5 Å². The molecule has 1 aromatic carbocycles. The zero-order valence-corrected chi connectivity index (χ0v) is 13.0. The Kier molecular flexibility index (Phi) is 5.46. The summed E-state index contributed by atoms with van der Waals surface area (Å²) in [6, 6.07) is 7.65. The number of anilines is 1. The second kappa shape index (κ2) is 7.53. The monoisotopic (exact) mass is 319 g/mol. The molecule has 0 saturated heterocycles. The molecule has 0 saturated carbocycles. The van der Waals surface area contributed by atoms with Crippen molar-refractivity contribution in [3.8, 4) is 0 Å². The summed E-state index contributed by atoms with van der Waals surface area (Å²) in [7, 11) is 0. The quantitative estimate of drug-likeness (QED) is 0.885. The van der Waals surface area contributed by atoms with Gasteiger partial charge in [-0.1, -0.05) is 17.3 Å². The summed E-state index contributed by atoms with van der Waals surface area (Å²) >= 11 is 0. The Labute approximate surface area is 133 Å². The molecule has 0 atom stereocenters. The van der Waals surface area contributed by atoms with E-state index in [1.165, 1.54) is 24.0 Å². The maximum Gasteiger partial charge on any atom is 0.245 e. The van der Waals surface area contributed by atoms with Crippen LogP contribution in [0.5, 0.6) is 0 Å². The van der Waals surface area contributed by atoms with E-state index in [4.69, 9.17) is 4.52 Å². The summed E-state index contributed by atoms with van der Waals surface area (Å²) < 4.78 is 17.7. The van der Waals surface area contributed by atoms with Crippen molar-refractivity contribution in [1.82, 2.24) is 10.1 Å². The Morgan fingerprint density at radius 3 is 2.57 bits per heavy atom. The molecule has 2 rings (SSSR count). The first-order chi connectivity index (χ1) is 10.9. The van der Waals surface area contributed by atoms with Gasteiger partial charge in [0.05, 0.1) is 6.54 Å². The molecule has 2 amide bonds. The summed E-state index contributed by atoms with van der Waals surface area (Å²) in [6.07, 6.45) is 0.538. The van der Waals surface area contributed by atoms with Gasteiger partial charge in [0.2, 0.25) is 11.8 Å². The number of nitrogens with zero attached hydrogens (tertiary/aromatic N) is 2. The number of hydrogen-bond acceptors (Lipinski definition) is 4. The Morgan fingerprint density at radius 1 is 1.30 bits per heavy atom. The van der Waals surface area contributed by atoms with Gasteiger partial charge in [-0.2, -0.15) is 0 Å². The molecule has 122 valence electrons. The zero-order chi connectivity index (χ0) is 16.8. The first-order valence-corrected chi connectivity index (χ1v) is 7.17. The molecular weight excluding hydrogens is 301 g/mol. The first kappa shape index (κ1) is 16.7. The summed E-state index contributed by atoms with van der Waals surface area (Å²) in [5.41, 5.74) is 0.894. The lowest BCUT2D eigenvalue weighted by Gasteiger charge is -2.20. The fraction of sp³-hybridized carbons (Fsp3) is 0.312. The lowest BCUT2D eigenvalue weighted by atomic mass is 10.1. The van der Waals surface area contributed by atoms with Crippen LogP contribution in [0.25, 0.3) is 0 Å². The largest absolute Gasteiger partial charge is 0.360 e. The van der Waals surface area contributed by atoms with E-state index < -0.39 is 0 Å². The number of hydrogen-bond donors (Lipinski definition) is 1. The van der Waals surface area contributed by atoms with Crippen molar-refractivity contribution in [2.24, 2.45) is 0 Å². The van der Waals surface area contributed by atoms with E-state index in [2.05, 4.69) is 10.5 Å². The van der Waals surface area contributed by atoms with Crippen LogP contribution in [0.15, 0.2) is 34.9 Å². The Morgan fingerprint density at radius 2 is 2.00 bits per heavy atom. The maximum absolute atomic E-state index is 12.9. The van der Waals surface area contributed by atoms with E-state index in [9.17, 15) is 14.0 Å². The lowest BCUT2D eigenvalue weighted by molar-refractivity contribution is -0.132. The summed E-state index contributed by atoms with van der Waals surface area (Å²) in [4.78, 5) is 25.0. The molecule has 0 radical (unpaired) electrons. The van der Waals surface area contributed by atoms with Crippen molar-refractivity contribution in [2.75, 3.05) is 18.4 Å². The molecule has 2 aromatic rings. The number of benzene rings is 1. The van der Waals surface area contributed by atoms with E-state index in [1.807, 2.05) is 0 Å². The van der Waals surface area contributed by atoms with E-state index in [0.717, 1.165) is 5.56 Å². The van der Waals surface area contributed by atoms with Crippen molar-refractivity contribution in [3.63, 3.8) is 0 Å². The second-order valence-corrected chi connectivity index (χ2v) is 5.19. The molecule has 1 heterocycles. The minimum absolute atomic E-state index is 0.0809. The van der Waals surface area contributed by atoms with E-state index in [-0.39, 0.29) is 24.2 Å². The molecule has 0 bridgehead atoms. The summed E-state index contributed by atoms with van der Waals surface area (Å²) in [5.74, 6) is 0.0280. The Bertz CT molecular complexity index is 682. The third-order valence-corrected chi connectivity index (χ3v) is 3.26. The fourth-order valence-corrected chi connectivity index (χ4v) is 2.04. The van der Waals surface area contributed by atoms with Crippen LogP contribution < -0.4 is 5.32 Å². The van der Waals surface area contributed by atoms with Gasteiger partial charge < -0.3 is 14.7 Å². The van der Waals surface area contributed by atoms with Gasteiger partial charge in [0.25, 0.3) is 0 Å². The SMILES string of the molecule is CC(=O)N(CCc1ccc(F)cc1)CC(=O)Nc1cc(C)on1. The molecule has 0 aliphatic rings. The van der Waals surface area contributed by atoms with Crippen LogP contribution in [0.1, 0.15) is 18.2 Å². The summed E-state index contributed by atoms with van der Waals surface area (Å²) in [6.45, 7) is 3.40. The van der Waals surface area contributed by atoms with Crippen LogP contribution in [0.4, 0.5) is 10.2 Å². The van der Waals surface area contributed by atoms with Crippen LogP contribution >= 0.6 is 0 Å². The molecule has 6 nitrogen and oxygen atoms in total. The summed E-state index contributed by atoms with van der Waals surface area (Å²) in [5, 5.41) is 6.23. The molecular formula is C16H18FN3O3. The predicted octanol–water partition coefficient (Wildman–Crippen LogP) is 2.15. The maximum atomic E-state index is 12.9. The van der Waals surface area contributed by atoms with Gasteiger partial charge in [-0.3, -0.25) is 9.59 Å². The van der Waals surface area contributed by atoms with E-state index >= 15 is 0 Å². The van der Waals surface area contributed by atoms with Crippen molar-refractivity contribution in [2.45, 2.75) is 20.3 Å². The second-order valence-electron chi connectivity index (χ2n) is 5.19. The van der Waals surface area contributed by atoms with Gasteiger partial charge in [0, 0.05) is 19.5 Å². The standard InChI is InChI=1S/C16H18FN3O3/c1-11-9-15(19-23-11)18-16(22)10-20(12(2)21)8-7-13-3-5-14(17)6-4-13/h3-6,9H,7-8,10H2,1-2H3,(H,18,19,22). The van der Waals surface area contributed by atoms with Crippen LogP contribution in [-0.2, 0) is 16.0 Å². The molecule has 0 aliphatic carbocycles. The van der Waals surface area contributed by atoms with Crippen molar-refractivity contribution in [3.05, 3.63) is 47.5 Å². The van der Waals surface area contributed by atoms with Crippen LogP contribution in [0, 0.1) is 12.7 Å².